The molecule has 0 spiro atoms. The van der Waals surface area contributed by atoms with E-state index in [0.717, 1.165) is 17.9 Å². The number of halogens is 1. The van der Waals surface area contributed by atoms with Gasteiger partial charge >= 0.3 is 0 Å². The number of hydrogen-bond donors (Lipinski definition) is 0. The van der Waals surface area contributed by atoms with E-state index in [4.69, 9.17) is 11.6 Å². The zero-order valence-corrected chi connectivity index (χ0v) is 15.2. The van der Waals surface area contributed by atoms with Crippen molar-refractivity contribution in [1.82, 2.24) is 9.88 Å². The van der Waals surface area contributed by atoms with Gasteiger partial charge in [0.15, 0.2) is 0 Å². The Morgan fingerprint density at radius 3 is 2.55 bits per heavy atom. The SMILES string of the molecule is CC(C)C(Sc1ccc(Cl)cn1)C(=O)N(C)C1CCCCC1. The fourth-order valence-electron chi connectivity index (χ4n) is 2.88. The van der Waals surface area contributed by atoms with E-state index in [1.807, 2.05) is 24.1 Å². The van der Waals surface area contributed by atoms with Gasteiger partial charge in [-0.05, 0) is 30.9 Å². The van der Waals surface area contributed by atoms with Gasteiger partial charge in [-0.1, -0.05) is 56.5 Å². The molecule has 1 fully saturated rings. The van der Waals surface area contributed by atoms with Gasteiger partial charge in [-0.25, -0.2) is 4.98 Å². The molecule has 1 amide bonds. The fraction of sp³-hybridized carbons (Fsp3) is 0.647. The summed E-state index contributed by atoms with van der Waals surface area (Å²) in [5.74, 6) is 0.490. The van der Waals surface area contributed by atoms with E-state index in [9.17, 15) is 4.79 Å². The van der Waals surface area contributed by atoms with Gasteiger partial charge < -0.3 is 4.90 Å². The molecule has 1 saturated carbocycles. The second-order valence-corrected chi connectivity index (χ2v) is 7.94. The number of rotatable bonds is 5. The maximum Gasteiger partial charge on any atom is 0.236 e. The van der Waals surface area contributed by atoms with Crippen LogP contribution >= 0.6 is 23.4 Å². The summed E-state index contributed by atoms with van der Waals surface area (Å²) in [7, 11) is 1.96. The van der Waals surface area contributed by atoms with Crippen LogP contribution in [0.5, 0.6) is 0 Å². The average Bonchev–Trinajstić information content (AvgIpc) is 2.53. The van der Waals surface area contributed by atoms with Crippen LogP contribution in [0.15, 0.2) is 23.4 Å². The Morgan fingerprint density at radius 1 is 1.32 bits per heavy atom. The van der Waals surface area contributed by atoms with Crippen LogP contribution in [0.2, 0.25) is 5.02 Å². The monoisotopic (exact) mass is 340 g/mol. The number of nitrogens with zero attached hydrogens (tertiary/aromatic N) is 2. The van der Waals surface area contributed by atoms with Gasteiger partial charge in [0.25, 0.3) is 0 Å². The predicted molar refractivity (Wildman–Crippen MR) is 93.4 cm³/mol. The molecule has 2 rings (SSSR count). The van der Waals surface area contributed by atoms with Crippen molar-refractivity contribution in [2.45, 2.75) is 62.3 Å². The van der Waals surface area contributed by atoms with Crippen molar-refractivity contribution < 1.29 is 4.79 Å². The molecule has 0 aromatic carbocycles. The second kappa shape index (κ2) is 8.21. The number of hydrogen-bond acceptors (Lipinski definition) is 3. The number of carbonyl (C=O) groups is 1. The summed E-state index contributed by atoms with van der Waals surface area (Å²) in [6.45, 7) is 4.19. The molecular weight excluding hydrogens is 316 g/mol. The van der Waals surface area contributed by atoms with Gasteiger partial charge in [0.05, 0.1) is 15.3 Å². The van der Waals surface area contributed by atoms with Crippen LogP contribution in [0.3, 0.4) is 0 Å². The highest BCUT2D eigenvalue weighted by Crippen LogP contribution is 2.30. The highest BCUT2D eigenvalue weighted by Gasteiger charge is 2.30. The average molecular weight is 341 g/mol. The van der Waals surface area contributed by atoms with Crippen LogP contribution in [0.4, 0.5) is 0 Å². The minimum Gasteiger partial charge on any atom is -0.342 e. The maximum absolute atomic E-state index is 12.9. The molecule has 1 aromatic heterocycles. The lowest BCUT2D eigenvalue weighted by Crippen LogP contribution is -2.44. The Kier molecular flexibility index (Phi) is 6.57. The molecule has 0 N–H and O–H groups in total. The van der Waals surface area contributed by atoms with Crippen molar-refractivity contribution in [2.24, 2.45) is 5.92 Å². The normalized spacial score (nSPS) is 17.5. The van der Waals surface area contributed by atoms with Gasteiger partial charge in [-0.2, -0.15) is 0 Å². The Balaban J connectivity index is 2.05. The van der Waals surface area contributed by atoms with Gasteiger partial charge in [0.2, 0.25) is 5.91 Å². The standard InChI is InChI=1S/C17H25ClN2OS/c1-12(2)16(22-15-10-9-13(18)11-19-15)17(21)20(3)14-7-5-4-6-8-14/h9-12,14,16H,4-8H2,1-3H3. The van der Waals surface area contributed by atoms with Gasteiger partial charge in [0.1, 0.15) is 0 Å². The molecular formula is C17H25ClN2OS. The third kappa shape index (κ3) is 4.63. The predicted octanol–water partition coefficient (Wildman–Crippen LogP) is 4.64. The summed E-state index contributed by atoms with van der Waals surface area (Å²) >= 11 is 7.42. The summed E-state index contributed by atoms with van der Waals surface area (Å²) in [5.41, 5.74) is 0. The third-order valence-electron chi connectivity index (χ3n) is 4.27. The van der Waals surface area contributed by atoms with Crippen LogP contribution in [-0.4, -0.2) is 34.1 Å². The minimum absolute atomic E-state index is 0.0967. The quantitative estimate of drug-likeness (QED) is 0.732. The Labute approximate surface area is 142 Å². The molecule has 5 heteroatoms. The summed E-state index contributed by atoms with van der Waals surface area (Å²) in [6.07, 6.45) is 7.68. The van der Waals surface area contributed by atoms with E-state index in [1.165, 1.54) is 19.3 Å². The van der Waals surface area contributed by atoms with E-state index in [2.05, 4.69) is 18.8 Å². The largest absolute Gasteiger partial charge is 0.342 e. The van der Waals surface area contributed by atoms with E-state index in [0.29, 0.717) is 11.1 Å². The number of aromatic nitrogens is 1. The van der Waals surface area contributed by atoms with Gasteiger partial charge in [-0.3, -0.25) is 4.79 Å². The van der Waals surface area contributed by atoms with Gasteiger partial charge in [0, 0.05) is 19.3 Å². The van der Waals surface area contributed by atoms with Crippen molar-refractivity contribution in [1.29, 1.82) is 0 Å². The van der Waals surface area contributed by atoms with E-state index < -0.39 is 0 Å². The number of pyridine rings is 1. The zero-order chi connectivity index (χ0) is 16.1. The van der Waals surface area contributed by atoms with Crippen molar-refractivity contribution in [3.63, 3.8) is 0 Å². The molecule has 22 heavy (non-hydrogen) atoms. The first-order valence-corrected chi connectivity index (χ1v) is 9.29. The number of thioether (sulfide) groups is 1. The minimum atomic E-state index is -0.0967. The lowest BCUT2D eigenvalue weighted by Gasteiger charge is -2.34. The summed E-state index contributed by atoms with van der Waals surface area (Å²) in [4.78, 5) is 19.2. The van der Waals surface area contributed by atoms with Crippen LogP contribution < -0.4 is 0 Å². The smallest absolute Gasteiger partial charge is 0.236 e. The molecule has 1 aliphatic rings. The number of amides is 1. The second-order valence-electron chi connectivity index (χ2n) is 6.34. The topological polar surface area (TPSA) is 33.2 Å². The molecule has 1 aromatic rings. The molecule has 0 saturated heterocycles. The number of carbonyl (C=O) groups excluding carboxylic acids is 1. The van der Waals surface area contributed by atoms with Crippen molar-refractivity contribution in [3.8, 4) is 0 Å². The first-order chi connectivity index (χ1) is 10.5. The maximum atomic E-state index is 12.9. The van der Waals surface area contributed by atoms with Crippen LogP contribution in [0, 0.1) is 5.92 Å². The Bertz CT molecular complexity index is 486. The Morgan fingerprint density at radius 2 is 2.00 bits per heavy atom. The summed E-state index contributed by atoms with van der Waals surface area (Å²) in [5, 5.41) is 1.38. The van der Waals surface area contributed by atoms with Crippen molar-refractivity contribution >= 4 is 29.3 Å². The Hall–Kier alpha value is -0.740. The summed E-state index contributed by atoms with van der Waals surface area (Å²) < 4.78 is 0. The van der Waals surface area contributed by atoms with Crippen LogP contribution in [0.1, 0.15) is 46.0 Å². The summed E-state index contributed by atoms with van der Waals surface area (Å²) in [6, 6.07) is 4.11. The molecule has 1 aliphatic carbocycles. The van der Waals surface area contributed by atoms with Crippen LogP contribution in [-0.2, 0) is 4.79 Å². The first kappa shape index (κ1) is 17.6. The zero-order valence-electron chi connectivity index (χ0n) is 13.6. The highest BCUT2D eigenvalue weighted by atomic mass is 35.5. The van der Waals surface area contributed by atoms with Crippen molar-refractivity contribution in [3.05, 3.63) is 23.4 Å². The molecule has 122 valence electrons. The third-order valence-corrected chi connectivity index (χ3v) is 5.97. The van der Waals surface area contributed by atoms with E-state index >= 15 is 0 Å². The van der Waals surface area contributed by atoms with E-state index in [1.54, 1.807) is 18.0 Å². The molecule has 0 radical (unpaired) electrons. The molecule has 1 atom stereocenters. The molecule has 0 aliphatic heterocycles. The molecule has 1 unspecified atom stereocenters. The van der Waals surface area contributed by atoms with Gasteiger partial charge in [-0.15, -0.1) is 0 Å². The molecule has 3 nitrogen and oxygen atoms in total. The van der Waals surface area contributed by atoms with E-state index in [-0.39, 0.29) is 17.1 Å². The highest BCUT2D eigenvalue weighted by molar-refractivity contribution is 8.00. The van der Waals surface area contributed by atoms with Crippen LogP contribution in [0.25, 0.3) is 0 Å². The fourth-order valence-corrected chi connectivity index (χ4v) is 4.05. The lowest BCUT2D eigenvalue weighted by atomic mass is 9.94. The van der Waals surface area contributed by atoms with Crippen molar-refractivity contribution in [2.75, 3.05) is 7.05 Å². The first-order valence-electron chi connectivity index (χ1n) is 8.04. The lowest BCUT2D eigenvalue weighted by molar-refractivity contribution is -0.132. The molecule has 0 bridgehead atoms. The molecule has 1 heterocycles.